The van der Waals surface area contributed by atoms with Crippen molar-refractivity contribution in [2.24, 2.45) is 5.92 Å². The number of nitrogens with zero attached hydrogens (tertiary/aromatic N) is 2. The molecule has 0 atom stereocenters. The summed E-state index contributed by atoms with van der Waals surface area (Å²) >= 11 is 0. The summed E-state index contributed by atoms with van der Waals surface area (Å²) in [6.07, 6.45) is -3.76. The van der Waals surface area contributed by atoms with Gasteiger partial charge < -0.3 is 14.6 Å². The van der Waals surface area contributed by atoms with Crippen molar-refractivity contribution in [3.8, 4) is 0 Å². The Morgan fingerprint density at radius 3 is 2.65 bits per heavy atom. The number of ether oxygens (including phenoxy) is 1. The monoisotopic (exact) mass is 299 g/mol. The second-order valence-corrected chi connectivity index (χ2v) is 4.68. The van der Waals surface area contributed by atoms with E-state index in [2.05, 4.69) is 20.2 Å². The standard InChI is InChI=1S/C11H17F4N3O2/c1-7(2)3-16-4-9-17-8(18-20-9)5-19-6-11(14,15)10(12)13/h7,10,16H,3-6H2,1-2H3. The number of hydrogen-bond acceptors (Lipinski definition) is 5. The molecule has 9 heteroatoms. The quantitative estimate of drug-likeness (QED) is 0.709. The molecule has 0 aliphatic carbocycles. The third-order valence-electron chi connectivity index (χ3n) is 2.18. The zero-order valence-corrected chi connectivity index (χ0v) is 11.2. The van der Waals surface area contributed by atoms with E-state index in [1.54, 1.807) is 0 Å². The molecule has 1 rings (SSSR count). The molecule has 0 fully saturated rings. The molecule has 1 aromatic heterocycles. The van der Waals surface area contributed by atoms with E-state index in [9.17, 15) is 17.6 Å². The third kappa shape index (κ3) is 5.83. The Morgan fingerprint density at radius 1 is 1.35 bits per heavy atom. The number of alkyl halides is 4. The number of hydrogen-bond donors (Lipinski definition) is 1. The van der Waals surface area contributed by atoms with E-state index in [0.717, 1.165) is 6.54 Å². The lowest BCUT2D eigenvalue weighted by molar-refractivity contribution is -0.168. The molecule has 20 heavy (non-hydrogen) atoms. The highest BCUT2D eigenvalue weighted by molar-refractivity contribution is 4.84. The molecule has 0 aromatic carbocycles. The van der Waals surface area contributed by atoms with Gasteiger partial charge in [-0.15, -0.1) is 0 Å². The first kappa shape index (κ1) is 16.8. The van der Waals surface area contributed by atoms with Gasteiger partial charge in [-0.3, -0.25) is 0 Å². The van der Waals surface area contributed by atoms with Gasteiger partial charge in [-0.1, -0.05) is 19.0 Å². The largest absolute Gasteiger partial charge is 0.367 e. The van der Waals surface area contributed by atoms with Gasteiger partial charge in [0.05, 0.1) is 6.54 Å². The van der Waals surface area contributed by atoms with Crippen molar-refractivity contribution in [1.82, 2.24) is 15.5 Å². The van der Waals surface area contributed by atoms with E-state index in [-0.39, 0.29) is 11.7 Å². The molecule has 0 aliphatic rings. The fraction of sp³-hybridized carbons (Fsp3) is 0.818. The zero-order valence-electron chi connectivity index (χ0n) is 11.2. The lowest BCUT2D eigenvalue weighted by atomic mass is 10.2. The molecule has 1 aromatic rings. The molecule has 0 aliphatic heterocycles. The van der Waals surface area contributed by atoms with Gasteiger partial charge in [0.1, 0.15) is 13.2 Å². The van der Waals surface area contributed by atoms with E-state index >= 15 is 0 Å². The van der Waals surface area contributed by atoms with E-state index in [1.165, 1.54) is 0 Å². The molecule has 0 amide bonds. The fourth-order valence-electron chi connectivity index (χ4n) is 1.23. The maximum atomic E-state index is 12.5. The lowest BCUT2D eigenvalue weighted by Crippen LogP contribution is -2.32. The number of nitrogens with one attached hydrogen (secondary N) is 1. The first-order chi connectivity index (χ1) is 9.31. The van der Waals surface area contributed by atoms with Crippen molar-refractivity contribution in [2.75, 3.05) is 13.2 Å². The van der Waals surface area contributed by atoms with Crippen LogP contribution < -0.4 is 5.32 Å². The number of halogens is 4. The van der Waals surface area contributed by atoms with Crippen LogP contribution in [0.25, 0.3) is 0 Å². The lowest BCUT2D eigenvalue weighted by Gasteiger charge is -2.14. The summed E-state index contributed by atoms with van der Waals surface area (Å²) in [6, 6.07) is 0. The normalized spacial score (nSPS) is 12.6. The van der Waals surface area contributed by atoms with Gasteiger partial charge in [0.15, 0.2) is 5.82 Å². The molecule has 0 unspecified atom stereocenters. The maximum Gasteiger partial charge on any atom is 0.330 e. The van der Waals surface area contributed by atoms with E-state index in [0.29, 0.717) is 12.5 Å². The van der Waals surface area contributed by atoms with Crippen LogP contribution in [0.1, 0.15) is 25.6 Å². The summed E-state index contributed by atoms with van der Waals surface area (Å²) in [5, 5.41) is 6.55. The van der Waals surface area contributed by atoms with Crippen molar-refractivity contribution in [1.29, 1.82) is 0 Å². The molecular weight excluding hydrogens is 282 g/mol. The molecule has 0 spiro atoms. The van der Waals surface area contributed by atoms with Crippen LogP contribution in [0.3, 0.4) is 0 Å². The molecule has 1 heterocycles. The Kier molecular flexibility index (Phi) is 6.34. The van der Waals surface area contributed by atoms with Gasteiger partial charge in [-0.2, -0.15) is 13.8 Å². The van der Waals surface area contributed by atoms with Crippen LogP contribution in [0, 0.1) is 5.92 Å². The van der Waals surface area contributed by atoms with Gasteiger partial charge in [-0.05, 0) is 12.5 Å². The number of aromatic nitrogens is 2. The predicted octanol–water partition coefficient (Wildman–Crippen LogP) is 2.23. The molecule has 116 valence electrons. The van der Waals surface area contributed by atoms with Crippen molar-refractivity contribution in [3.05, 3.63) is 11.7 Å². The minimum absolute atomic E-state index is 0.0383. The van der Waals surface area contributed by atoms with Crippen LogP contribution >= 0.6 is 0 Å². The molecule has 0 bridgehead atoms. The zero-order chi connectivity index (χ0) is 15.2. The second-order valence-electron chi connectivity index (χ2n) is 4.68. The summed E-state index contributed by atoms with van der Waals surface area (Å²) < 4.78 is 58.1. The molecular formula is C11H17F4N3O2. The summed E-state index contributed by atoms with van der Waals surface area (Å²) in [5.41, 5.74) is 0. The Morgan fingerprint density at radius 2 is 2.05 bits per heavy atom. The number of rotatable bonds is 9. The maximum absolute atomic E-state index is 12.5. The van der Waals surface area contributed by atoms with Crippen molar-refractivity contribution in [2.45, 2.75) is 39.3 Å². The van der Waals surface area contributed by atoms with Crippen LogP contribution in [-0.2, 0) is 17.9 Å². The Bertz CT molecular complexity index is 399. The van der Waals surface area contributed by atoms with Gasteiger partial charge in [0, 0.05) is 0 Å². The van der Waals surface area contributed by atoms with Crippen LogP contribution in [-0.4, -0.2) is 35.6 Å². The van der Waals surface area contributed by atoms with E-state index in [4.69, 9.17) is 4.52 Å². The van der Waals surface area contributed by atoms with Crippen molar-refractivity contribution < 1.29 is 26.8 Å². The predicted molar refractivity (Wildman–Crippen MR) is 61.4 cm³/mol. The van der Waals surface area contributed by atoms with Gasteiger partial charge in [-0.25, -0.2) is 8.78 Å². The summed E-state index contributed by atoms with van der Waals surface area (Å²) in [7, 11) is 0. The van der Waals surface area contributed by atoms with Crippen molar-refractivity contribution in [3.63, 3.8) is 0 Å². The third-order valence-corrected chi connectivity index (χ3v) is 2.18. The average Bonchev–Trinajstić information content (AvgIpc) is 2.76. The van der Waals surface area contributed by atoms with Crippen LogP contribution in [0.5, 0.6) is 0 Å². The second kappa shape index (κ2) is 7.53. The summed E-state index contributed by atoms with van der Waals surface area (Å²) in [6.45, 7) is 3.37. The minimum Gasteiger partial charge on any atom is -0.367 e. The van der Waals surface area contributed by atoms with Gasteiger partial charge in [0.2, 0.25) is 5.89 Å². The van der Waals surface area contributed by atoms with Crippen LogP contribution in [0.2, 0.25) is 0 Å². The van der Waals surface area contributed by atoms with Crippen LogP contribution in [0.4, 0.5) is 17.6 Å². The smallest absolute Gasteiger partial charge is 0.330 e. The van der Waals surface area contributed by atoms with Crippen LogP contribution in [0.15, 0.2) is 4.52 Å². The summed E-state index contributed by atoms with van der Waals surface area (Å²) in [4.78, 5) is 3.87. The molecule has 5 nitrogen and oxygen atoms in total. The molecule has 0 saturated heterocycles. The molecule has 0 radical (unpaired) electrons. The Balaban J connectivity index is 2.30. The summed E-state index contributed by atoms with van der Waals surface area (Å²) in [5.74, 6) is -3.40. The SMILES string of the molecule is CC(C)CNCc1nc(COCC(F)(F)C(F)F)no1. The van der Waals surface area contributed by atoms with E-state index < -0.39 is 25.6 Å². The minimum atomic E-state index is -4.18. The fourth-order valence-corrected chi connectivity index (χ4v) is 1.23. The first-order valence-corrected chi connectivity index (χ1v) is 6.07. The molecule has 0 saturated carbocycles. The molecule has 1 N–H and O–H groups in total. The Hall–Kier alpha value is -1.22. The highest BCUT2D eigenvalue weighted by atomic mass is 19.3. The topological polar surface area (TPSA) is 60.2 Å². The van der Waals surface area contributed by atoms with Gasteiger partial charge >= 0.3 is 12.3 Å². The highest BCUT2D eigenvalue weighted by Crippen LogP contribution is 2.23. The average molecular weight is 299 g/mol. The Labute approximate surface area is 113 Å². The first-order valence-electron chi connectivity index (χ1n) is 6.07. The van der Waals surface area contributed by atoms with E-state index in [1.807, 2.05) is 13.8 Å². The van der Waals surface area contributed by atoms with Gasteiger partial charge in [0.25, 0.3) is 0 Å². The van der Waals surface area contributed by atoms with Crippen molar-refractivity contribution >= 4 is 0 Å². The highest BCUT2D eigenvalue weighted by Gasteiger charge is 2.41.